The number of rotatable bonds is 6. The third-order valence-electron chi connectivity index (χ3n) is 4.38. The lowest BCUT2D eigenvalue weighted by Gasteiger charge is -2.30. The Balaban J connectivity index is 1.73. The normalized spacial score (nSPS) is 28.0. The van der Waals surface area contributed by atoms with Crippen LogP contribution in [-0.4, -0.2) is 74.9 Å². The van der Waals surface area contributed by atoms with Crippen molar-refractivity contribution >= 4 is 0 Å². The Bertz CT molecular complexity index is 237. The molecule has 2 aliphatic rings. The van der Waals surface area contributed by atoms with E-state index >= 15 is 0 Å². The minimum Gasteiger partial charge on any atom is -0.383 e. The van der Waals surface area contributed by atoms with Crippen molar-refractivity contribution < 1.29 is 4.74 Å². The Kier molecular flexibility index (Phi) is 5.89. The molecular weight excluding hydrogens is 226 g/mol. The molecule has 2 fully saturated rings. The molecule has 0 aromatic heterocycles. The monoisotopic (exact) mass is 255 g/mol. The summed E-state index contributed by atoms with van der Waals surface area (Å²) in [7, 11) is 1.76. The lowest BCUT2D eigenvalue weighted by Crippen LogP contribution is -2.45. The van der Waals surface area contributed by atoms with Gasteiger partial charge in [0.15, 0.2) is 0 Å². The molecular formula is C14H29N3O. The van der Waals surface area contributed by atoms with Gasteiger partial charge in [-0.25, -0.2) is 0 Å². The zero-order chi connectivity index (χ0) is 12.8. The van der Waals surface area contributed by atoms with Crippen molar-refractivity contribution in [2.24, 2.45) is 0 Å². The Labute approximate surface area is 112 Å². The smallest absolute Gasteiger partial charge is 0.0587 e. The summed E-state index contributed by atoms with van der Waals surface area (Å²) in [6.45, 7) is 10.4. The summed E-state index contributed by atoms with van der Waals surface area (Å²) < 4.78 is 5.06. The highest BCUT2D eigenvalue weighted by Crippen LogP contribution is 2.22. The van der Waals surface area contributed by atoms with Gasteiger partial charge in [0.25, 0.3) is 0 Å². The summed E-state index contributed by atoms with van der Waals surface area (Å²) in [6.07, 6.45) is 4.14. The van der Waals surface area contributed by atoms with E-state index in [2.05, 4.69) is 22.0 Å². The van der Waals surface area contributed by atoms with E-state index in [9.17, 15) is 0 Å². The molecule has 0 radical (unpaired) electrons. The van der Waals surface area contributed by atoms with Crippen LogP contribution in [0.4, 0.5) is 0 Å². The summed E-state index contributed by atoms with van der Waals surface area (Å²) in [5.41, 5.74) is 0. The molecule has 4 nitrogen and oxygen atoms in total. The van der Waals surface area contributed by atoms with Gasteiger partial charge in [-0.15, -0.1) is 0 Å². The maximum absolute atomic E-state index is 5.06. The summed E-state index contributed by atoms with van der Waals surface area (Å²) in [5.74, 6) is 0. The number of nitrogens with zero attached hydrogens (tertiary/aromatic N) is 2. The van der Waals surface area contributed by atoms with Gasteiger partial charge in [-0.3, -0.25) is 9.80 Å². The van der Waals surface area contributed by atoms with Crippen molar-refractivity contribution in [3.63, 3.8) is 0 Å². The highest BCUT2D eigenvalue weighted by molar-refractivity contribution is 4.86. The second-order valence-electron chi connectivity index (χ2n) is 5.73. The van der Waals surface area contributed by atoms with Gasteiger partial charge >= 0.3 is 0 Å². The Morgan fingerprint density at radius 3 is 2.94 bits per heavy atom. The average molecular weight is 255 g/mol. The third kappa shape index (κ3) is 3.92. The fourth-order valence-electron chi connectivity index (χ4n) is 3.25. The van der Waals surface area contributed by atoms with Crippen LogP contribution < -0.4 is 5.32 Å². The molecule has 0 bridgehead atoms. The standard InChI is InChI=1S/C14H29N3O/c1-13(11-15-6-10-18-2)17-9-4-8-16-7-3-5-14(16)12-17/h13-15H,3-12H2,1-2H3. The van der Waals surface area contributed by atoms with E-state index in [1.807, 2.05) is 0 Å². The van der Waals surface area contributed by atoms with E-state index < -0.39 is 0 Å². The number of hydrogen-bond acceptors (Lipinski definition) is 4. The summed E-state index contributed by atoms with van der Waals surface area (Å²) in [6, 6.07) is 1.47. The van der Waals surface area contributed by atoms with Gasteiger partial charge in [-0.2, -0.15) is 0 Å². The maximum Gasteiger partial charge on any atom is 0.0587 e. The van der Waals surface area contributed by atoms with Crippen molar-refractivity contribution in [1.82, 2.24) is 15.1 Å². The van der Waals surface area contributed by atoms with Crippen LogP contribution in [0.15, 0.2) is 0 Å². The van der Waals surface area contributed by atoms with Gasteiger partial charge in [0.2, 0.25) is 0 Å². The molecule has 0 aromatic rings. The van der Waals surface area contributed by atoms with E-state index in [0.717, 1.165) is 25.7 Å². The molecule has 106 valence electrons. The number of methoxy groups -OCH3 is 1. The number of nitrogens with one attached hydrogen (secondary N) is 1. The third-order valence-corrected chi connectivity index (χ3v) is 4.38. The van der Waals surface area contributed by atoms with Crippen molar-refractivity contribution in [2.45, 2.75) is 38.3 Å². The molecule has 2 rings (SSSR count). The summed E-state index contributed by atoms with van der Waals surface area (Å²) in [4.78, 5) is 5.38. The predicted molar refractivity (Wildman–Crippen MR) is 75.0 cm³/mol. The zero-order valence-electron chi connectivity index (χ0n) is 12.0. The quantitative estimate of drug-likeness (QED) is 0.710. The minimum absolute atomic E-state index is 0.641. The molecule has 1 N–H and O–H groups in total. The van der Waals surface area contributed by atoms with E-state index in [0.29, 0.717) is 6.04 Å². The highest BCUT2D eigenvalue weighted by Gasteiger charge is 2.29. The first kappa shape index (κ1) is 14.3. The number of fused-ring (bicyclic) bond motifs is 1. The van der Waals surface area contributed by atoms with Gasteiger partial charge in [0.1, 0.15) is 0 Å². The second kappa shape index (κ2) is 7.43. The molecule has 2 atom stereocenters. The molecule has 4 heteroatoms. The topological polar surface area (TPSA) is 27.7 Å². The van der Waals surface area contributed by atoms with Crippen molar-refractivity contribution in [3.8, 4) is 0 Å². The first-order valence-electron chi connectivity index (χ1n) is 7.49. The molecule has 0 aliphatic carbocycles. The molecule has 2 aliphatic heterocycles. The fraction of sp³-hybridized carbons (Fsp3) is 1.00. The molecule has 0 aromatic carbocycles. The van der Waals surface area contributed by atoms with Crippen LogP contribution in [0.2, 0.25) is 0 Å². The number of ether oxygens (including phenoxy) is 1. The SMILES string of the molecule is COCCNCC(C)N1CCCN2CCCC2C1. The average Bonchev–Trinajstić information content (AvgIpc) is 2.71. The predicted octanol–water partition coefficient (Wildman–Crippen LogP) is 0.781. The van der Waals surface area contributed by atoms with E-state index in [1.165, 1.54) is 45.4 Å². The number of hydrogen-bond donors (Lipinski definition) is 1. The molecule has 2 saturated heterocycles. The van der Waals surface area contributed by atoms with E-state index in [-0.39, 0.29) is 0 Å². The summed E-state index contributed by atoms with van der Waals surface area (Å²) >= 11 is 0. The molecule has 18 heavy (non-hydrogen) atoms. The Hall–Kier alpha value is -0.160. The molecule has 0 amide bonds. The Morgan fingerprint density at radius 1 is 1.28 bits per heavy atom. The van der Waals surface area contributed by atoms with Gasteiger partial charge < -0.3 is 10.1 Å². The second-order valence-corrected chi connectivity index (χ2v) is 5.73. The van der Waals surface area contributed by atoms with Crippen molar-refractivity contribution in [1.29, 1.82) is 0 Å². The van der Waals surface area contributed by atoms with Crippen LogP contribution in [0, 0.1) is 0 Å². The summed E-state index contributed by atoms with van der Waals surface area (Å²) in [5, 5.41) is 3.48. The zero-order valence-corrected chi connectivity index (χ0v) is 12.0. The van der Waals surface area contributed by atoms with Crippen molar-refractivity contribution in [3.05, 3.63) is 0 Å². The molecule has 0 spiro atoms. The Morgan fingerprint density at radius 2 is 2.11 bits per heavy atom. The van der Waals surface area contributed by atoms with Gasteiger partial charge in [0.05, 0.1) is 6.61 Å². The maximum atomic E-state index is 5.06. The van der Waals surface area contributed by atoms with Crippen LogP contribution in [0.25, 0.3) is 0 Å². The van der Waals surface area contributed by atoms with Gasteiger partial charge in [-0.1, -0.05) is 0 Å². The first-order valence-corrected chi connectivity index (χ1v) is 7.49. The molecule has 2 heterocycles. The molecule has 2 unspecified atom stereocenters. The lowest BCUT2D eigenvalue weighted by atomic mass is 10.2. The van der Waals surface area contributed by atoms with E-state index in [4.69, 9.17) is 4.74 Å². The fourth-order valence-corrected chi connectivity index (χ4v) is 3.25. The van der Waals surface area contributed by atoms with Crippen LogP contribution in [0.3, 0.4) is 0 Å². The van der Waals surface area contributed by atoms with E-state index in [1.54, 1.807) is 7.11 Å². The molecule has 0 saturated carbocycles. The lowest BCUT2D eigenvalue weighted by molar-refractivity contribution is 0.169. The largest absolute Gasteiger partial charge is 0.383 e. The van der Waals surface area contributed by atoms with Crippen LogP contribution in [0.5, 0.6) is 0 Å². The van der Waals surface area contributed by atoms with Crippen LogP contribution in [-0.2, 0) is 4.74 Å². The van der Waals surface area contributed by atoms with Gasteiger partial charge in [0, 0.05) is 38.8 Å². The van der Waals surface area contributed by atoms with Crippen LogP contribution >= 0.6 is 0 Å². The first-order chi connectivity index (χ1) is 8.81. The van der Waals surface area contributed by atoms with Gasteiger partial charge in [-0.05, 0) is 45.8 Å². The van der Waals surface area contributed by atoms with Crippen LogP contribution in [0.1, 0.15) is 26.2 Å². The minimum atomic E-state index is 0.641. The van der Waals surface area contributed by atoms with Crippen molar-refractivity contribution in [2.75, 3.05) is 53.0 Å². The highest BCUT2D eigenvalue weighted by atomic mass is 16.5.